The molecule has 0 fully saturated rings. The fourth-order valence-electron chi connectivity index (χ4n) is 10.3. The summed E-state index contributed by atoms with van der Waals surface area (Å²) in [5.41, 5.74) is 0. The number of rotatable bonds is 66. The molecule has 0 aromatic heterocycles. The maximum absolute atomic E-state index is 13.6. The minimum Gasteiger partial charge on any atom is -0.456 e. The van der Waals surface area contributed by atoms with Crippen LogP contribution in [0.15, 0.2) is 109 Å². The van der Waals surface area contributed by atoms with E-state index in [2.05, 4.69) is 123 Å². The van der Waals surface area contributed by atoms with E-state index in [0.717, 1.165) is 116 Å². The van der Waals surface area contributed by atoms with Gasteiger partial charge in [0, 0.05) is 12.8 Å². The first-order valence-corrected chi connectivity index (χ1v) is 38.2. The number of hydrogen-bond donors (Lipinski definition) is 2. The molecule has 0 heterocycles. The van der Waals surface area contributed by atoms with Crippen molar-refractivity contribution in [2.45, 2.75) is 335 Å². The molecule has 0 rings (SSSR count). The van der Waals surface area contributed by atoms with Gasteiger partial charge in [-0.25, -0.2) is 4.57 Å². The number of amides is 1. The number of quaternary nitrogens is 1. The lowest BCUT2D eigenvalue weighted by atomic mass is 10.0. The van der Waals surface area contributed by atoms with E-state index >= 15 is 0 Å². The number of hydrogen-bond acceptors (Lipinski definition) is 6. The number of carbonyl (C=O) groups excluding carboxylic acids is 2. The fraction of sp³-hybridized carbons (Fsp3) is 0.744. The van der Waals surface area contributed by atoms with Gasteiger partial charge in [0.25, 0.3) is 0 Å². The second kappa shape index (κ2) is 66.6. The van der Waals surface area contributed by atoms with Crippen LogP contribution in [-0.2, 0) is 27.9 Å². The molecule has 3 atom stereocenters. The lowest BCUT2D eigenvalue weighted by molar-refractivity contribution is -0.870. The third-order valence-corrected chi connectivity index (χ3v) is 16.9. The Kier molecular flexibility index (Phi) is 64.1. The average Bonchev–Trinajstić information content (AvgIpc) is 3.61. The number of ether oxygens (including phenoxy) is 1. The van der Waals surface area contributed by atoms with Gasteiger partial charge in [0.15, 0.2) is 0 Å². The van der Waals surface area contributed by atoms with Crippen molar-refractivity contribution in [3.63, 3.8) is 0 Å². The molecular weight excluding hydrogens is 1110 g/mol. The first kappa shape index (κ1) is 84.7. The van der Waals surface area contributed by atoms with Gasteiger partial charge < -0.3 is 19.4 Å². The fourth-order valence-corrected chi connectivity index (χ4v) is 11.1. The van der Waals surface area contributed by atoms with Crippen LogP contribution in [-0.4, -0.2) is 74.3 Å². The van der Waals surface area contributed by atoms with Gasteiger partial charge in [0.2, 0.25) is 5.91 Å². The molecule has 0 aliphatic heterocycles. The van der Waals surface area contributed by atoms with Gasteiger partial charge in [-0.05, 0) is 115 Å². The van der Waals surface area contributed by atoms with Crippen LogP contribution in [0, 0.1) is 0 Å². The average molecular weight is 1250 g/mol. The van der Waals surface area contributed by atoms with E-state index in [9.17, 15) is 19.0 Å². The highest BCUT2D eigenvalue weighted by atomic mass is 31.2. The van der Waals surface area contributed by atoms with Crippen LogP contribution in [0.4, 0.5) is 0 Å². The molecular formula is C78H140N2O7P+. The molecule has 2 N–H and O–H groups in total. The van der Waals surface area contributed by atoms with Crippen LogP contribution in [0.1, 0.15) is 323 Å². The lowest BCUT2D eigenvalue weighted by Gasteiger charge is -2.27. The molecule has 3 unspecified atom stereocenters. The number of carbonyl (C=O) groups is 2. The summed E-state index contributed by atoms with van der Waals surface area (Å²) < 4.78 is 30.9. The van der Waals surface area contributed by atoms with E-state index in [1.165, 1.54) is 173 Å². The summed E-state index contributed by atoms with van der Waals surface area (Å²) >= 11 is 0. The Balaban J connectivity index is 5.06. The van der Waals surface area contributed by atoms with Crippen molar-refractivity contribution >= 4 is 19.7 Å². The maximum atomic E-state index is 13.6. The van der Waals surface area contributed by atoms with Gasteiger partial charge >= 0.3 is 13.8 Å². The zero-order valence-corrected chi connectivity index (χ0v) is 59.1. The van der Waals surface area contributed by atoms with E-state index in [1.54, 1.807) is 0 Å². The second-order valence-corrected chi connectivity index (χ2v) is 27.2. The summed E-state index contributed by atoms with van der Waals surface area (Å²) in [6.45, 7) is 6.89. The largest absolute Gasteiger partial charge is 0.472 e. The Labute approximate surface area is 544 Å². The van der Waals surface area contributed by atoms with E-state index in [4.69, 9.17) is 13.8 Å². The number of phosphoric acid groups is 1. The molecule has 0 aliphatic carbocycles. The molecule has 0 spiro atoms. The van der Waals surface area contributed by atoms with Gasteiger partial charge in [0.05, 0.1) is 33.8 Å². The molecule has 0 aliphatic rings. The quantitative estimate of drug-likeness (QED) is 0.0205. The van der Waals surface area contributed by atoms with Crippen LogP contribution in [0.3, 0.4) is 0 Å². The van der Waals surface area contributed by atoms with Gasteiger partial charge in [-0.1, -0.05) is 304 Å². The standard InChI is InChI=1S/C78H139N2O7P/c1-7-10-13-16-19-22-25-28-30-32-34-36-38-39-40-41-43-45-47-49-51-53-56-59-62-65-68-71-78(82)87-76(69-66-63-60-57-54-27-24-21-18-15-12-9-3)75(74-86-88(83,84)85-73-72-80(4,5)6)79-77(81)70-67-64-61-58-55-52-50-48-46-44-42-37-35-33-31-29-26-23-20-17-14-11-8-2/h10,13,19-20,22-23,28-31,34,36,39-40,43,45,66,69,75-76H,7-9,11-12,14-18,21,24-27,32-33,35,37-38,41-42,44,46-65,67-68,70-74H2,1-6H3,(H-,79,81,83,84)/p+1/b13-10-,22-19-,23-20-,30-28-,31-29-,36-34-,40-39-,45-43-,69-66+. The van der Waals surface area contributed by atoms with Crippen molar-refractivity contribution in [1.82, 2.24) is 5.32 Å². The lowest BCUT2D eigenvalue weighted by Crippen LogP contribution is -2.47. The number of allylic oxidation sites excluding steroid dienone is 17. The molecule has 0 aromatic rings. The Hall–Kier alpha value is -3.33. The van der Waals surface area contributed by atoms with Crippen LogP contribution in [0.25, 0.3) is 0 Å². The molecule has 0 radical (unpaired) electrons. The van der Waals surface area contributed by atoms with Crippen molar-refractivity contribution in [1.29, 1.82) is 0 Å². The van der Waals surface area contributed by atoms with Gasteiger partial charge in [-0.15, -0.1) is 0 Å². The van der Waals surface area contributed by atoms with Gasteiger partial charge in [-0.3, -0.25) is 18.6 Å². The number of phosphoric ester groups is 1. The van der Waals surface area contributed by atoms with E-state index < -0.39 is 20.0 Å². The maximum Gasteiger partial charge on any atom is 0.472 e. The van der Waals surface area contributed by atoms with Crippen molar-refractivity contribution < 1.29 is 37.3 Å². The van der Waals surface area contributed by atoms with Gasteiger partial charge in [-0.2, -0.15) is 0 Å². The highest BCUT2D eigenvalue weighted by molar-refractivity contribution is 7.47. The highest BCUT2D eigenvalue weighted by Gasteiger charge is 2.30. The van der Waals surface area contributed by atoms with Crippen molar-refractivity contribution in [2.75, 3.05) is 40.9 Å². The first-order chi connectivity index (χ1) is 42.9. The molecule has 0 aromatic carbocycles. The van der Waals surface area contributed by atoms with Gasteiger partial charge in [0.1, 0.15) is 19.3 Å². The smallest absolute Gasteiger partial charge is 0.456 e. The third-order valence-electron chi connectivity index (χ3n) is 15.9. The number of unbranched alkanes of at least 4 members (excludes halogenated alkanes) is 34. The summed E-state index contributed by atoms with van der Waals surface area (Å²) in [7, 11) is 1.49. The van der Waals surface area contributed by atoms with Crippen molar-refractivity contribution in [3.8, 4) is 0 Å². The monoisotopic (exact) mass is 1250 g/mol. The number of nitrogens with zero attached hydrogens (tertiary/aromatic N) is 1. The molecule has 10 heteroatoms. The molecule has 1 amide bonds. The molecule has 508 valence electrons. The zero-order valence-electron chi connectivity index (χ0n) is 58.2. The summed E-state index contributed by atoms with van der Waals surface area (Å²) in [5.74, 6) is -0.512. The predicted octanol–water partition coefficient (Wildman–Crippen LogP) is 23.6. The predicted molar refractivity (Wildman–Crippen MR) is 383 cm³/mol. The number of esters is 1. The Morgan fingerprint density at radius 2 is 0.727 bits per heavy atom. The summed E-state index contributed by atoms with van der Waals surface area (Å²) in [6, 6.07) is -0.859. The number of nitrogens with one attached hydrogen (secondary N) is 1. The zero-order chi connectivity index (χ0) is 64.2. The van der Waals surface area contributed by atoms with E-state index in [1.807, 2.05) is 33.3 Å². The van der Waals surface area contributed by atoms with Crippen molar-refractivity contribution in [2.24, 2.45) is 0 Å². The van der Waals surface area contributed by atoms with Crippen LogP contribution < -0.4 is 5.32 Å². The minimum atomic E-state index is -4.46. The third kappa shape index (κ3) is 67.1. The molecule has 88 heavy (non-hydrogen) atoms. The van der Waals surface area contributed by atoms with Crippen LogP contribution >= 0.6 is 7.82 Å². The summed E-state index contributed by atoms with van der Waals surface area (Å²) in [4.78, 5) is 38.0. The van der Waals surface area contributed by atoms with Crippen molar-refractivity contribution in [3.05, 3.63) is 109 Å². The first-order valence-electron chi connectivity index (χ1n) is 36.7. The summed E-state index contributed by atoms with van der Waals surface area (Å²) in [5, 5.41) is 3.07. The normalized spacial score (nSPS) is 14.1. The molecule has 0 bridgehead atoms. The number of likely N-dealkylation sites (N-methyl/N-ethyl adjacent to an activating group) is 1. The molecule has 0 saturated carbocycles. The minimum absolute atomic E-state index is 0.0348. The second-order valence-electron chi connectivity index (χ2n) is 25.7. The Morgan fingerprint density at radius 1 is 0.409 bits per heavy atom. The topological polar surface area (TPSA) is 111 Å². The van der Waals surface area contributed by atoms with Crippen LogP contribution in [0.2, 0.25) is 0 Å². The highest BCUT2D eigenvalue weighted by Crippen LogP contribution is 2.43. The molecule has 0 saturated heterocycles. The Bertz CT molecular complexity index is 1870. The Morgan fingerprint density at radius 3 is 1.11 bits per heavy atom. The SMILES string of the molecule is CC/C=C\C/C=C\C/C=C\C/C=C\C/C=C\C/C=C\CCCCCCCCCCC(=O)OC(/C=C/CCCCCCCCCCCC)C(COP(=O)(O)OCC[N+](C)(C)C)NC(=O)CCCCCCCCCCCCCCC/C=C\C/C=C\CCCCC. The summed E-state index contributed by atoms with van der Waals surface area (Å²) in [6.07, 6.45) is 92.4. The van der Waals surface area contributed by atoms with Crippen LogP contribution in [0.5, 0.6) is 0 Å². The molecule has 9 nitrogen and oxygen atoms in total. The van der Waals surface area contributed by atoms with E-state index in [0.29, 0.717) is 17.4 Å². The van der Waals surface area contributed by atoms with E-state index in [-0.39, 0.29) is 31.5 Å².